The average Bonchev–Trinajstić information content (AvgIpc) is 2.43. The molecule has 7 nitrogen and oxygen atoms in total. The summed E-state index contributed by atoms with van der Waals surface area (Å²) in [6.45, 7) is 7.22. The molecule has 24 heavy (non-hydrogen) atoms. The third-order valence-electron chi connectivity index (χ3n) is 4.36. The van der Waals surface area contributed by atoms with Gasteiger partial charge in [0.25, 0.3) is 10.1 Å². The van der Waals surface area contributed by atoms with Crippen LogP contribution >= 0.6 is 0 Å². The van der Waals surface area contributed by atoms with Crippen molar-refractivity contribution in [3.05, 3.63) is 24.3 Å². The Hall–Kier alpha value is -1.48. The molecule has 0 unspecified atom stereocenters. The van der Waals surface area contributed by atoms with Gasteiger partial charge < -0.3 is 5.32 Å². The number of anilines is 1. The van der Waals surface area contributed by atoms with Crippen molar-refractivity contribution in [3.63, 3.8) is 0 Å². The van der Waals surface area contributed by atoms with Crippen LogP contribution in [-0.4, -0.2) is 35.0 Å². The summed E-state index contributed by atoms with van der Waals surface area (Å²) < 4.78 is 31.4. The first kappa shape index (κ1) is 18.9. The van der Waals surface area contributed by atoms with E-state index < -0.39 is 21.2 Å². The molecule has 1 aliphatic heterocycles. The Bertz CT molecular complexity index is 725. The molecule has 1 aromatic carbocycles. The van der Waals surface area contributed by atoms with E-state index in [0.29, 0.717) is 12.8 Å². The van der Waals surface area contributed by atoms with Gasteiger partial charge in [0.2, 0.25) is 5.91 Å². The van der Waals surface area contributed by atoms with Gasteiger partial charge in [0, 0.05) is 22.7 Å². The van der Waals surface area contributed by atoms with E-state index in [9.17, 15) is 18.4 Å². The Balaban J connectivity index is 2.19. The van der Waals surface area contributed by atoms with Gasteiger partial charge in [-0.05, 0) is 58.7 Å². The van der Waals surface area contributed by atoms with Crippen LogP contribution in [0.5, 0.6) is 0 Å². The Morgan fingerprint density at radius 3 is 2.25 bits per heavy atom. The van der Waals surface area contributed by atoms with Gasteiger partial charge in [-0.25, -0.2) is 0 Å². The molecule has 1 saturated heterocycles. The summed E-state index contributed by atoms with van der Waals surface area (Å²) in [5.41, 5.74) is -1.05. The fourth-order valence-corrected chi connectivity index (χ4v) is 3.95. The number of nitrogens with zero attached hydrogens (tertiary/aromatic N) is 1. The molecule has 0 spiro atoms. The number of carbonyl (C=O) groups is 1. The third kappa shape index (κ3) is 3.94. The van der Waals surface area contributed by atoms with Gasteiger partial charge in [-0.15, -0.1) is 10.3 Å². The second-order valence-corrected chi connectivity index (χ2v) is 8.94. The van der Waals surface area contributed by atoms with Gasteiger partial charge in [-0.2, -0.15) is 8.42 Å². The van der Waals surface area contributed by atoms with Crippen LogP contribution in [-0.2, 0) is 20.1 Å². The van der Waals surface area contributed by atoms with Gasteiger partial charge >= 0.3 is 0 Å². The number of benzene rings is 1. The molecule has 8 heteroatoms. The standard InChI is InChI=1S/C16H23N2O5S/c1-15(2)9-11(10-16(3,4)18(15)20)14(19)17-12-6-5-7-13(8-12)24(21,22)23/h5-8,11H,9-10H2,1-4H3,(H,17,19)(H,21,22,23). The molecule has 0 aliphatic carbocycles. The first-order valence-corrected chi connectivity index (χ1v) is 9.13. The highest BCUT2D eigenvalue weighted by atomic mass is 32.2. The van der Waals surface area contributed by atoms with Crippen molar-refractivity contribution in [3.8, 4) is 0 Å². The Morgan fingerprint density at radius 1 is 1.21 bits per heavy atom. The monoisotopic (exact) mass is 355 g/mol. The molecule has 1 radical (unpaired) electrons. The van der Waals surface area contributed by atoms with Gasteiger partial charge in [-0.3, -0.25) is 9.35 Å². The van der Waals surface area contributed by atoms with Gasteiger partial charge in [0.1, 0.15) is 0 Å². The number of hydroxylamine groups is 2. The second-order valence-electron chi connectivity index (χ2n) is 7.52. The molecule has 0 saturated carbocycles. The lowest BCUT2D eigenvalue weighted by atomic mass is 9.75. The number of amides is 1. The van der Waals surface area contributed by atoms with E-state index in [-0.39, 0.29) is 22.4 Å². The highest BCUT2D eigenvalue weighted by molar-refractivity contribution is 7.85. The molecule has 1 amide bonds. The van der Waals surface area contributed by atoms with E-state index in [1.165, 1.54) is 18.2 Å². The van der Waals surface area contributed by atoms with Crippen LogP contribution in [0.15, 0.2) is 29.2 Å². The minimum absolute atomic E-state index is 0.267. The summed E-state index contributed by atoms with van der Waals surface area (Å²) >= 11 is 0. The molecule has 1 aromatic rings. The summed E-state index contributed by atoms with van der Waals surface area (Å²) in [6.07, 6.45) is 0.813. The summed E-state index contributed by atoms with van der Waals surface area (Å²) in [6, 6.07) is 5.43. The number of piperidine rings is 1. The zero-order valence-corrected chi connectivity index (χ0v) is 15.1. The second kappa shape index (κ2) is 6.11. The molecule has 0 bridgehead atoms. The van der Waals surface area contributed by atoms with Crippen LogP contribution < -0.4 is 5.32 Å². The van der Waals surface area contributed by atoms with Crippen LogP contribution in [0.1, 0.15) is 40.5 Å². The predicted molar refractivity (Wildman–Crippen MR) is 88.3 cm³/mol. The summed E-state index contributed by atoms with van der Waals surface area (Å²) in [5.74, 6) is -0.633. The number of hydrogen-bond donors (Lipinski definition) is 2. The zero-order valence-electron chi connectivity index (χ0n) is 14.2. The lowest BCUT2D eigenvalue weighted by molar-refractivity contribution is -0.292. The summed E-state index contributed by atoms with van der Waals surface area (Å²) in [5, 5.41) is 16.1. The highest BCUT2D eigenvalue weighted by Crippen LogP contribution is 2.40. The lowest BCUT2D eigenvalue weighted by Gasteiger charge is -2.49. The maximum absolute atomic E-state index is 12.6. The molecule has 1 fully saturated rings. The van der Waals surface area contributed by atoms with E-state index in [2.05, 4.69) is 5.32 Å². The summed E-state index contributed by atoms with van der Waals surface area (Å²) in [4.78, 5) is 12.3. The number of carbonyl (C=O) groups excluding carboxylic acids is 1. The van der Waals surface area contributed by atoms with Gasteiger partial charge in [0.05, 0.1) is 4.90 Å². The molecule has 2 rings (SSSR count). The fourth-order valence-electron chi connectivity index (χ4n) is 3.43. The molecule has 133 valence electrons. The van der Waals surface area contributed by atoms with E-state index in [4.69, 9.17) is 4.55 Å². The minimum Gasteiger partial charge on any atom is -0.326 e. The van der Waals surface area contributed by atoms with Crippen LogP contribution in [0.4, 0.5) is 5.69 Å². The zero-order chi connectivity index (χ0) is 18.3. The number of nitrogens with one attached hydrogen (secondary N) is 1. The molecular formula is C16H23N2O5S. The van der Waals surface area contributed by atoms with Crippen molar-refractivity contribution >= 4 is 21.7 Å². The van der Waals surface area contributed by atoms with E-state index in [0.717, 1.165) is 5.06 Å². The minimum atomic E-state index is -4.33. The molecule has 2 N–H and O–H groups in total. The molecule has 1 heterocycles. The predicted octanol–water partition coefficient (Wildman–Crippen LogP) is 2.49. The largest absolute Gasteiger partial charge is 0.326 e. The first-order valence-electron chi connectivity index (χ1n) is 7.69. The average molecular weight is 355 g/mol. The molecule has 0 aromatic heterocycles. The topological polar surface area (TPSA) is 107 Å². The van der Waals surface area contributed by atoms with E-state index in [1.54, 1.807) is 33.8 Å². The van der Waals surface area contributed by atoms with E-state index >= 15 is 0 Å². The van der Waals surface area contributed by atoms with E-state index in [1.807, 2.05) is 0 Å². The molecular weight excluding hydrogens is 332 g/mol. The lowest BCUT2D eigenvalue weighted by Crippen LogP contribution is -2.59. The van der Waals surface area contributed by atoms with Crippen molar-refractivity contribution in [2.75, 3.05) is 5.32 Å². The van der Waals surface area contributed by atoms with Crippen molar-refractivity contribution in [2.45, 2.75) is 56.5 Å². The quantitative estimate of drug-likeness (QED) is 0.810. The smallest absolute Gasteiger partial charge is 0.294 e. The SMILES string of the molecule is CC1(C)CC(C(=O)Nc2cccc(S(=O)(=O)O)c2)CC(C)(C)N1[O]. The Morgan fingerprint density at radius 2 is 1.75 bits per heavy atom. The maximum Gasteiger partial charge on any atom is 0.294 e. The van der Waals surface area contributed by atoms with Crippen LogP contribution in [0.3, 0.4) is 0 Å². The van der Waals surface area contributed by atoms with Crippen LogP contribution in [0.2, 0.25) is 0 Å². The van der Waals surface area contributed by atoms with Crippen molar-refractivity contribution in [1.82, 2.24) is 5.06 Å². The normalized spacial score (nSPS) is 21.4. The Labute approximate surface area is 142 Å². The number of hydrogen-bond acceptors (Lipinski definition) is 4. The van der Waals surface area contributed by atoms with Gasteiger partial charge in [0.15, 0.2) is 0 Å². The van der Waals surface area contributed by atoms with Crippen molar-refractivity contribution in [1.29, 1.82) is 0 Å². The van der Waals surface area contributed by atoms with Gasteiger partial charge in [-0.1, -0.05) is 6.07 Å². The maximum atomic E-state index is 12.6. The van der Waals surface area contributed by atoms with Crippen LogP contribution in [0.25, 0.3) is 0 Å². The van der Waals surface area contributed by atoms with Crippen molar-refractivity contribution in [2.24, 2.45) is 5.92 Å². The molecule has 0 atom stereocenters. The third-order valence-corrected chi connectivity index (χ3v) is 5.21. The summed E-state index contributed by atoms with van der Waals surface area (Å²) in [7, 11) is -4.33. The van der Waals surface area contributed by atoms with Crippen molar-refractivity contribution < 1.29 is 23.0 Å². The highest BCUT2D eigenvalue weighted by Gasteiger charge is 2.48. The fraction of sp³-hybridized carbons (Fsp3) is 0.562. The Kier molecular flexibility index (Phi) is 4.80. The number of rotatable bonds is 3. The van der Waals surface area contributed by atoms with Crippen LogP contribution in [0, 0.1) is 5.92 Å². The molecule has 1 aliphatic rings. The first-order chi connectivity index (χ1) is 10.8.